The van der Waals surface area contributed by atoms with Crippen LogP contribution >= 0.6 is 0 Å². The maximum absolute atomic E-state index is 5.20. The molecule has 0 amide bonds. The lowest BCUT2D eigenvalue weighted by molar-refractivity contribution is -0.261. The van der Waals surface area contributed by atoms with Gasteiger partial charge in [-0.05, 0) is 0 Å². The molecule has 1 aliphatic rings. The molecule has 0 radical (unpaired) electrons. The van der Waals surface area contributed by atoms with E-state index in [2.05, 4.69) is 5.92 Å². The van der Waals surface area contributed by atoms with Gasteiger partial charge in [0, 0.05) is 33.0 Å². The highest BCUT2D eigenvalue weighted by atomic mass is 16.7. The van der Waals surface area contributed by atoms with Gasteiger partial charge in [-0.15, -0.1) is 12.3 Å². The average molecular weight is 140 g/mol. The van der Waals surface area contributed by atoms with E-state index < -0.39 is 0 Å². The summed E-state index contributed by atoms with van der Waals surface area (Å²) in [5.41, 5.74) is 0. The highest BCUT2D eigenvalue weighted by molar-refractivity contribution is 5.04. The van der Waals surface area contributed by atoms with E-state index >= 15 is 0 Å². The molecule has 0 N–H and O–H groups in total. The van der Waals surface area contributed by atoms with Crippen LogP contribution in [0.5, 0.6) is 0 Å². The van der Waals surface area contributed by atoms with Crippen LogP contribution in [0.3, 0.4) is 0 Å². The second kappa shape index (κ2) is 2.61. The van der Waals surface area contributed by atoms with Crippen LogP contribution in [0.25, 0.3) is 0 Å². The Balaban J connectivity index is 2.40. The molecule has 0 aromatic rings. The van der Waals surface area contributed by atoms with Gasteiger partial charge in [0.1, 0.15) is 0 Å². The minimum atomic E-state index is -0.364. The summed E-state index contributed by atoms with van der Waals surface area (Å²) in [4.78, 5) is 0. The van der Waals surface area contributed by atoms with Gasteiger partial charge in [0.05, 0.1) is 0 Å². The van der Waals surface area contributed by atoms with E-state index in [1.54, 1.807) is 14.2 Å². The molecule has 0 aliphatic heterocycles. The highest BCUT2D eigenvalue weighted by Crippen LogP contribution is 2.40. The quantitative estimate of drug-likeness (QED) is 0.421. The SMILES string of the molecule is C#CC1CC(OC)(OC)C1. The molecule has 1 aliphatic carbocycles. The van der Waals surface area contributed by atoms with Gasteiger partial charge in [-0.1, -0.05) is 0 Å². The van der Waals surface area contributed by atoms with Crippen molar-refractivity contribution in [3.8, 4) is 12.3 Å². The Bertz CT molecular complexity index is 145. The maximum atomic E-state index is 5.20. The zero-order valence-corrected chi connectivity index (χ0v) is 6.39. The standard InChI is InChI=1S/C8H12O2/c1-4-7-5-8(6-7,9-2)10-3/h1,7H,5-6H2,2-3H3. The summed E-state index contributed by atoms with van der Waals surface area (Å²) in [7, 11) is 3.30. The summed E-state index contributed by atoms with van der Waals surface area (Å²) in [6.45, 7) is 0. The van der Waals surface area contributed by atoms with Crippen LogP contribution in [0.1, 0.15) is 12.8 Å². The Morgan fingerprint density at radius 1 is 1.40 bits per heavy atom. The second-order valence-electron chi connectivity index (χ2n) is 2.59. The van der Waals surface area contributed by atoms with Crippen molar-refractivity contribution in [2.24, 2.45) is 5.92 Å². The average Bonchev–Trinajstić information content (AvgIpc) is 1.89. The third kappa shape index (κ3) is 1.03. The third-order valence-corrected chi connectivity index (χ3v) is 2.09. The van der Waals surface area contributed by atoms with Gasteiger partial charge < -0.3 is 9.47 Å². The van der Waals surface area contributed by atoms with Gasteiger partial charge >= 0.3 is 0 Å². The van der Waals surface area contributed by atoms with E-state index in [0.29, 0.717) is 5.92 Å². The first-order valence-corrected chi connectivity index (χ1v) is 3.33. The number of methoxy groups -OCH3 is 2. The van der Waals surface area contributed by atoms with Crippen molar-refractivity contribution < 1.29 is 9.47 Å². The summed E-state index contributed by atoms with van der Waals surface area (Å²) < 4.78 is 10.3. The summed E-state index contributed by atoms with van der Waals surface area (Å²) in [6, 6.07) is 0. The third-order valence-electron chi connectivity index (χ3n) is 2.09. The van der Waals surface area contributed by atoms with Gasteiger partial charge in [-0.3, -0.25) is 0 Å². The molecular formula is C8H12O2. The Morgan fingerprint density at radius 2 is 1.90 bits per heavy atom. The van der Waals surface area contributed by atoms with Crippen LogP contribution in [-0.4, -0.2) is 20.0 Å². The largest absolute Gasteiger partial charge is 0.353 e. The molecule has 0 bridgehead atoms. The summed E-state index contributed by atoms with van der Waals surface area (Å²) >= 11 is 0. The van der Waals surface area contributed by atoms with Gasteiger partial charge in [0.15, 0.2) is 5.79 Å². The summed E-state index contributed by atoms with van der Waals surface area (Å²) in [5.74, 6) is 2.65. The number of hydrogen-bond donors (Lipinski definition) is 0. The first kappa shape index (κ1) is 7.59. The zero-order chi connectivity index (χ0) is 7.61. The predicted molar refractivity (Wildman–Crippen MR) is 38.3 cm³/mol. The van der Waals surface area contributed by atoms with Crippen LogP contribution in [0.2, 0.25) is 0 Å². The molecule has 2 heteroatoms. The number of ether oxygens (including phenoxy) is 2. The minimum absolute atomic E-state index is 0.347. The van der Waals surface area contributed by atoms with Crippen molar-refractivity contribution >= 4 is 0 Å². The Labute approximate surface area is 61.5 Å². The summed E-state index contributed by atoms with van der Waals surface area (Å²) in [6.07, 6.45) is 6.86. The minimum Gasteiger partial charge on any atom is -0.353 e. The number of hydrogen-bond acceptors (Lipinski definition) is 2. The van der Waals surface area contributed by atoms with Crippen LogP contribution in [0.15, 0.2) is 0 Å². The van der Waals surface area contributed by atoms with Crippen molar-refractivity contribution in [2.75, 3.05) is 14.2 Å². The van der Waals surface area contributed by atoms with Gasteiger partial charge in [-0.2, -0.15) is 0 Å². The van der Waals surface area contributed by atoms with Gasteiger partial charge in [0.2, 0.25) is 0 Å². The topological polar surface area (TPSA) is 18.5 Å². The molecule has 10 heavy (non-hydrogen) atoms. The fourth-order valence-corrected chi connectivity index (χ4v) is 1.23. The first-order valence-electron chi connectivity index (χ1n) is 3.33. The van der Waals surface area contributed by atoms with Crippen LogP contribution in [-0.2, 0) is 9.47 Å². The lowest BCUT2D eigenvalue weighted by atomic mass is 9.79. The molecule has 0 unspecified atom stereocenters. The molecule has 0 heterocycles. The van der Waals surface area contributed by atoms with Crippen LogP contribution in [0.4, 0.5) is 0 Å². The van der Waals surface area contributed by atoms with E-state index in [1.807, 2.05) is 0 Å². The van der Waals surface area contributed by atoms with Crippen molar-refractivity contribution in [3.05, 3.63) is 0 Å². The molecule has 0 aromatic carbocycles. The molecule has 1 fully saturated rings. The molecule has 0 spiro atoms. The van der Waals surface area contributed by atoms with Crippen molar-refractivity contribution in [2.45, 2.75) is 18.6 Å². The lowest BCUT2D eigenvalue weighted by Crippen LogP contribution is -2.46. The fourth-order valence-electron chi connectivity index (χ4n) is 1.23. The van der Waals surface area contributed by atoms with Crippen LogP contribution < -0.4 is 0 Å². The summed E-state index contributed by atoms with van der Waals surface area (Å²) in [5, 5.41) is 0. The first-order chi connectivity index (χ1) is 4.76. The van der Waals surface area contributed by atoms with E-state index in [9.17, 15) is 0 Å². The van der Waals surface area contributed by atoms with Crippen molar-refractivity contribution in [1.29, 1.82) is 0 Å². The van der Waals surface area contributed by atoms with Gasteiger partial charge in [-0.25, -0.2) is 0 Å². The van der Waals surface area contributed by atoms with Crippen molar-refractivity contribution in [3.63, 3.8) is 0 Å². The Kier molecular flexibility index (Phi) is 1.98. The normalized spacial score (nSPS) is 23.3. The maximum Gasteiger partial charge on any atom is 0.169 e. The monoisotopic (exact) mass is 140 g/mol. The zero-order valence-electron chi connectivity index (χ0n) is 6.39. The highest BCUT2D eigenvalue weighted by Gasteiger charge is 2.44. The second-order valence-corrected chi connectivity index (χ2v) is 2.59. The molecule has 56 valence electrons. The lowest BCUT2D eigenvalue weighted by Gasteiger charge is -2.42. The smallest absolute Gasteiger partial charge is 0.169 e. The van der Waals surface area contributed by atoms with E-state index in [0.717, 1.165) is 12.8 Å². The number of rotatable bonds is 2. The molecule has 2 nitrogen and oxygen atoms in total. The van der Waals surface area contributed by atoms with E-state index in [4.69, 9.17) is 15.9 Å². The molecular weight excluding hydrogens is 128 g/mol. The predicted octanol–water partition coefficient (Wildman–Crippen LogP) is 1.02. The number of terminal acetylenes is 1. The van der Waals surface area contributed by atoms with Crippen LogP contribution in [0, 0.1) is 18.3 Å². The fraction of sp³-hybridized carbons (Fsp3) is 0.750. The van der Waals surface area contributed by atoms with E-state index in [1.165, 1.54) is 0 Å². The van der Waals surface area contributed by atoms with Gasteiger partial charge in [0.25, 0.3) is 0 Å². The molecule has 0 aromatic heterocycles. The van der Waals surface area contributed by atoms with Crippen molar-refractivity contribution in [1.82, 2.24) is 0 Å². The van der Waals surface area contributed by atoms with E-state index in [-0.39, 0.29) is 5.79 Å². The Morgan fingerprint density at radius 3 is 2.20 bits per heavy atom. The molecule has 1 saturated carbocycles. The molecule has 1 rings (SSSR count). The molecule has 0 saturated heterocycles. The Hall–Kier alpha value is -0.520. The molecule has 0 atom stereocenters.